The minimum Gasteiger partial charge on any atom is -0.426 e. The molecule has 1 aliphatic rings. The Kier molecular flexibility index (Phi) is 5.26. The second-order valence-electron chi connectivity index (χ2n) is 4.70. The maximum atomic E-state index is 11.9. The molecule has 1 fully saturated rings. The molecule has 6 nitrogen and oxygen atoms in total. The molecule has 1 aromatic carbocycles. The van der Waals surface area contributed by atoms with E-state index in [0.717, 1.165) is 0 Å². The monoisotopic (exact) mass is 298 g/mol. The number of nitrogens with zero attached hydrogens (tertiary/aromatic N) is 2. The summed E-state index contributed by atoms with van der Waals surface area (Å²) in [7, 11) is 0. The van der Waals surface area contributed by atoms with Crippen LogP contribution in [-0.4, -0.2) is 25.5 Å². The Bertz CT molecular complexity index is 628. The molecule has 2 rings (SSSR count). The van der Waals surface area contributed by atoms with E-state index in [0.29, 0.717) is 11.3 Å². The number of hydrogen-bond donors (Lipinski definition) is 0. The highest BCUT2D eigenvalue weighted by Gasteiger charge is 2.27. The summed E-state index contributed by atoms with van der Waals surface area (Å²) in [5.74, 6) is -0.472. The number of carbonyl (C=O) groups excluding carboxylic acids is 1. The molecule has 0 spiro atoms. The summed E-state index contributed by atoms with van der Waals surface area (Å²) < 4.78 is 15.7. The fourth-order valence-electron chi connectivity index (χ4n) is 1.82. The van der Waals surface area contributed by atoms with Crippen molar-refractivity contribution in [2.24, 2.45) is 5.92 Å². The second-order valence-corrected chi connectivity index (χ2v) is 4.70. The molecule has 0 N–H and O–H groups in total. The lowest BCUT2D eigenvalue weighted by Crippen LogP contribution is -2.37. The van der Waals surface area contributed by atoms with Gasteiger partial charge in [-0.2, -0.15) is 10.5 Å². The molecule has 0 radical (unpaired) electrons. The van der Waals surface area contributed by atoms with Crippen LogP contribution in [0, 0.1) is 28.6 Å². The van der Waals surface area contributed by atoms with Crippen molar-refractivity contribution >= 4 is 12.0 Å². The van der Waals surface area contributed by atoms with E-state index in [2.05, 4.69) is 0 Å². The fourth-order valence-corrected chi connectivity index (χ4v) is 1.82. The molecule has 0 atom stereocenters. The molecule has 0 bridgehead atoms. The van der Waals surface area contributed by atoms with E-state index in [9.17, 15) is 4.79 Å². The van der Waals surface area contributed by atoms with Crippen LogP contribution in [0.5, 0.6) is 5.75 Å². The number of nitriles is 2. The quantitative estimate of drug-likeness (QED) is 0.481. The second kappa shape index (κ2) is 7.37. The minimum atomic E-state index is -0.445. The van der Waals surface area contributed by atoms with Gasteiger partial charge < -0.3 is 14.2 Å². The van der Waals surface area contributed by atoms with E-state index >= 15 is 0 Å². The Labute approximate surface area is 128 Å². The molecule has 1 aromatic rings. The summed E-state index contributed by atoms with van der Waals surface area (Å²) in [6, 6.07) is 10.1. The molecule has 0 unspecified atom stereocenters. The van der Waals surface area contributed by atoms with E-state index < -0.39 is 11.9 Å². The maximum Gasteiger partial charge on any atom is 0.319 e. The molecule has 112 valence electrons. The molecule has 0 aromatic heterocycles. The molecule has 0 amide bonds. The summed E-state index contributed by atoms with van der Waals surface area (Å²) in [5.41, 5.74) is 0.687. The van der Waals surface area contributed by atoms with Gasteiger partial charge in [0.2, 0.25) is 0 Å². The summed E-state index contributed by atoms with van der Waals surface area (Å²) >= 11 is 0. The van der Waals surface area contributed by atoms with Crippen LogP contribution < -0.4 is 4.74 Å². The zero-order valence-corrected chi connectivity index (χ0v) is 12.0. The van der Waals surface area contributed by atoms with E-state index in [4.69, 9.17) is 24.7 Å². The van der Waals surface area contributed by atoms with Crippen LogP contribution in [0.4, 0.5) is 0 Å². The Morgan fingerprint density at radius 3 is 2.36 bits per heavy atom. The van der Waals surface area contributed by atoms with Gasteiger partial charge in [0, 0.05) is 0 Å². The van der Waals surface area contributed by atoms with Crippen LogP contribution in [0.25, 0.3) is 6.08 Å². The molecule has 1 saturated heterocycles. The van der Waals surface area contributed by atoms with Crippen molar-refractivity contribution in [2.45, 2.75) is 13.2 Å². The Morgan fingerprint density at radius 2 is 1.82 bits per heavy atom. The van der Waals surface area contributed by atoms with Gasteiger partial charge in [-0.05, 0) is 30.7 Å². The summed E-state index contributed by atoms with van der Waals surface area (Å²) in [6.45, 7) is 2.31. The lowest BCUT2D eigenvalue weighted by molar-refractivity contribution is -0.198. The molecule has 1 aliphatic heterocycles. The van der Waals surface area contributed by atoms with Crippen molar-refractivity contribution < 1.29 is 19.0 Å². The SMILES string of the molecule is CC1OCC(C(=O)Oc2ccc(C=C(C#N)C#N)cc2)CO1. The first-order valence-electron chi connectivity index (χ1n) is 6.69. The molecule has 1 heterocycles. The van der Waals surface area contributed by atoms with Crippen LogP contribution >= 0.6 is 0 Å². The van der Waals surface area contributed by atoms with Gasteiger partial charge in [0.1, 0.15) is 29.4 Å². The minimum absolute atomic E-state index is 0.00960. The van der Waals surface area contributed by atoms with Crippen LogP contribution in [-0.2, 0) is 14.3 Å². The number of rotatable bonds is 3. The van der Waals surface area contributed by atoms with Crippen molar-refractivity contribution in [3.05, 3.63) is 35.4 Å². The standard InChI is InChI=1S/C16H14N2O4/c1-11-20-9-14(10-21-11)16(19)22-15-4-2-12(3-5-15)6-13(7-17)8-18/h2-6,11,14H,9-10H2,1H3. The van der Waals surface area contributed by atoms with E-state index in [1.165, 1.54) is 6.08 Å². The Balaban J connectivity index is 1.97. The molecular weight excluding hydrogens is 284 g/mol. The average molecular weight is 298 g/mol. The highest BCUT2D eigenvalue weighted by Crippen LogP contribution is 2.18. The molecule has 0 saturated carbocycles. The number of hydrogen-bond acceptors (Lipinski definition) is 6. The first-order valence-corrected chi connectivity index (χ1v) is 6.69. The van der Waals surface area contributed by atoms with Crippen LogP contribution in [0.15, 0.2) is 29.8 Å². The maximum absolute atomic E-state index is 11.9. The molecule has 0 aliphatic carbocycles. The number of benzene rings is 1. The first kappa shape index (κ1) is 15.7. The summed E-state index contributed by atoms with van der Waals surface area (Å²) in [5, 5.41) is 17.4. The molecule has 6 heteroatoms. The molecule has 22 heavy (non-hydrogen) atoms. The zero-order valence-electron chi connectivity index (χ0n) is 12.0. The van der Waals surface area contributed by atoms with Gasteiger partial charge in [0.05, 0.1) is 13.2 Å². The van der Waals surface area contributed by atoms with E-state index in [-0.39, 0.29) is 25.1 Å². The highest BCUT2D eigenvalue weighted by atomic mass is 16.7. The van der Waals surface area contributed by atoms with E-state index in [1.807, 2.05) is 0 Å². The third kappa shape index (κ3) is 4.16. The van der Waals surface area contributed by atoms with Crippen molar-refractivity contribution in [1.82, 2.24) is 0 Å². The van der Waals surface area contributed by atoms with Crippen LogP contribution in [0.2, 0.25) is 0 Å². The van der Waals surface area contributed by atoms with Gasteiger partial charge in [-0.15, -0.1) is 0 Å². The predicted octanol–water partition coefficient (Wildman–Crippen LogP) is 2.03. The van der Waals surface area contributed by atoms with Gasteiger partial charge in [-0.3, -0.25) is 4.79 Å². The predicted molar refractivity (Wildman–Crippen MR) is 76.1 cm³/mol. The molecular formula is C16H14N2O4. The van der Waals surface area contributed by atoms with Crippen molar-refractivity contribution in [3.63, 3.8) is 0 Å². The van der Waals surface area contributed by atoms with Gasteiger partial charge in [0.15, 0.2) is 6.29 Å². The number of allylic oxidation sites excluding steroid dienone is 1. The largest absolute Gasteiger partial charge is 0.426 e. The lowest BCUT2D eigenvalue weighted by Gasteiger charge is -2.25. The summed E-state index contributed by atoms with van der Waals surface area (Å²) in [4.78, 5) is 11.9. The fraction of sp³-hybridized carbons (Fsp3) is 0.312. The van der Waals surface area contributed by atoms with Gasteiger partial charge in [-0.25, -0.2) is 0 Å². The van der Waals surface area contributed by atoms with Gasteiger partial charge in [0.25, 0.3) is 0 Å². The average Bonchev–Trinajstić information content (AvgIpc) is 2.54. The normalized spacial score (nSPS) is 20.3. The number of carbonyl (C=O) groups is 1. The number of esters is 1. The zero-order chi connectivity index (χ0) is 15.9. The van der Waals surface area contributed by atoms with Crippen molar-refractivity contribution in [3.8, 4) is 17.9 Å². The van der Waals surface area contributed by atoms with E-state index in [1.54, 1.807) is 43.3 Å². The van der Waals surface area contributed by atoms with Crippen molar-refractivity contribution in [1.29, 1.82) is 10.5 Å². The van der Waals surface area contributed by atoms with Gasteiger partial charge >= 0.3 is 5.97 Å². The van der Waals surface area contributed by atoms with Crippen molar-refractivity contribution in [2.75, 3.05) is 13.2 Å². The third-order valence-corrected chi connectivity index (χ3v) is 3.05. The lowest BCUT2D eigenvalue weighted by atomic mass is 10.1. The first-order chi connectivity index (χ1) is 10.6. The Hall–Kier alpha value is -2.67. The summed E-state index contributed by atoms with van der Waals surface area (Å²) in [6.07, 6.45) is 1.15. The van der Waals surface area contributed by atoms with Crippen LogP contribution in [0.1, 0.15) is 12.5 Å². The Morgan fingerprint density at radius 1 is 1.23 bits per heavy atom. The third-order valence-electron chi connectivity index (χ3n) is 3.05. The van der Waals surface area contributed by atoms with Crippen LogP contribution in [0.3, 0.4) is 0 Å². The topological polar surface area (TPSA) is 92.3 Å². The van der Waals surface area contributed by atoms with Gasteiger partial charge in [-0.1, -0.05) is 12.1 Å². The smallest absolute Gasteiger partial charge is 0.319 e. The highest BCUT2D eigenvalue weighted by molar-refractivity contribution is 5.75. The number of ether oxygens (including phenoxy) is 3.